The van der Waals surface area contributed by atoms with Crippen molar-refractivity contribution in [1.82, 2.24) is 9.97 Å². The lowest BCUT2D eigenvalue weighted by Gasteiger charge is -2.07. The number of H-pyrrole nitrogens is 1. The number of hydrogen-bond donors (Lipinski definition) is 5. The van der Waals surface area contributed by atoms with Crippen molar-refractivity contribution in [2.75, 3.05) is 22.9 Å². The van der Waals surface area contributed by atoms with Gasteiger partial charge in [0.25, 0.3) is 0 Å². The lowest BCUT2D eigenvalue weighted by atomic mass is 10.00. The number of nitrogens with one attached hydrogen (secondary N) is 1. The van der Waals surface area contributed by atoms with Crippen LogP contribution in [0.4, 0.5) is 28.4 Å². The van der Waals surface area contributed by atoms with Gasteiger partial charge in [-0.1, -0.05) is 115 Å². The quantitative estimate of drug-likeness (QED) is 0.0852. The largest absolute Gasteiger partial charge is 0.397 e. The second-order valence-corrected chi connectivity index (χ2v) is 16.0. The van der Waals surface area contributed by atoms with E-state index < -0.39 is 0 Å². The zero-order chi connectivity index (χ0) is 40.1. The Morgan fingerprint density at radius 3 is 1.54 bits per heavy atom. The number of rotatable bonds is 5. The number of benzene rings is 7. The number of nitrogens with two attached hydrogens (primary N) is 4. The van der Waals surface area contributed by atoms with Gasteiger partial charge in [-0.25, -0.2) is 4.98 Å². The summed E-state index contributed by atoms with van der Waals surface area (Å²) in [5.74, 6) is 0.877. The summed E-state index contributed by atoms with van der Waals surface area (Å²) in [4.78, 5) is 23.3. The first kappa shape index (κ1) is 39.2. The van der Waals surface area contributed by atoms with Crippen molar-refractivity contribution in [3.05, 3.63) is 176 Å². The molecule has 7 aromatic carbocycles. The summed E-state index contributed by atoms with van der Waals surface area (Å²) in [6.07, 6.45) is 1.69. The predicted molar refractivity (Wildman–Crippen MR) is 248 cm³/mol. The summed E-state index contributed by atoms with van der Waals surface area (Å²) in [5, 5.41) is 0. The van der Waals surface area contributed by atoms with Crippen LogP contribution in [0.5, 0.6) is 0 Å². The van der Waals surface area contributed by atoms with Crippen LogP contribution in [0.2, 0.25) is 0 Å². The van der Waals surface area contributed by atoms with E-state index in [1.807, 2.05) is 48.5 Å². The predicted octanol–water partition coefficient (Wildman–Crippen LogP) is 12.0. The molecule has 0 saturated heterocycles. The van der Waals surface area contributed by atoms with Crippen LogP contribution in [0.1, 0.15) is 21.5 Å². The van der Waals surface area contributed by atoms with E-state index in [0.29, 0.717) is 28.3 Å². The molecule has 1 aliphatic rings. The average Bonchev–Trinajstić information content (AvgIpc) is 3.85. The Morgan fingerprint density at radius 1 is 0.509 bits per heavy atom. The highest BCUT2D eigenvalue weighted by Gasteiger charge is 2.17. The summed E-state index contributed by atoms with van der Waals surface area (Å²) >= 11 is 10.2. The Bertz CT molecular complexity index is 2700. The van der Waals surface area contributed by atoms with Crippen LogP contribution < -0.4 is 22.9 Å². The normalized spacial score (nSPS) is 11.5. The topological polar surface area (TPSA) is 162 Å². The molecule has 9 N–H and O–H groups in total. The molecule has 57 heavy (non-hydrogen) atoms. The minimum Gasteiger partial charge on any atom is -0.397 e. The molecule has 0 amide bonds. The summed E-state index contributed by atoms with van der Waals surface area (Å²) < 4.78 is 3.13. The van der Waals surface area contributed by atoms with Crippen LogP contribution in [0.25, 0.3) is 44.7 Å². The third-order valence-electron chi connectivity index (χ3n) is 9.32. The number of nitrogens with zero attached hydrogens (tertiary/aromatic N) is 2. The summed E-state index contributed by atoms with van der Waals surface area (Å²) in [6, 6.07) is 47.7. The van der Waals surface area contributed by atoms with Gasteiger partial charge in [0.15, 0.2) is 0 Å². The molecule has 0 saturated carbocycles. The van der Waals surface area contributed by atoms with E-state index in [9.17, 15) is 4.79 Å². The van der Waals surface area contributed by atoms with Gasteiger partial charge in [-0.2, -0.15) is 0 Å². The standard InChI is InChI=1S/C27H17Br2N3.C12H14N4.C7H5BrO/c28-21-8-3-16(4-9-21)24-15-20-2-1-18(13-25(20)30-24)19-7-12-23-26(14-19)32-27(31-23)17-5-10-22(29)11-6-17;13-9-3-1-7(5-11(9)15)8-2-4-10(14)12(16)6-8;8-7-3-1-6(5-9)2-4-7/h1-14H,15H2,(H,31,32);1-6H,13-16H2;1-5H. The van der Waals surface area contributed by atoms with Gasteiger partial charge in [-0.05, 0) is 112 Å². The van der Waals surface area contributed by atoms with Gasteiger partial charge >= 0.3 is 0 Å². The molecular formula is C46H36Br3N7O. The number of carbonyl (C=O) groups excluding carboxylic acids is 1. The van der Waals surface area contributed by atoms with Crippen molar-refractivity contribution in [3.8, 4) is 33.6 Å². The molecule has 1 aromatic heterocycles. The molecular weight excluding hydrogens is 906 g/mol. The van der Waals surface area contributed by atoms with Gasteiger partial charge in [-0.15, -0.1) is 0 Å². The van der Waals surface area contributed by atoms with Crippen molar-refractivity contribution >= 4 is 99.3 Å². The monoisotopic (exact) mass is 939 g/mol. The second kappa shape index (κ2) is 17.4. The first-order chi connectivity index (χ1) is 27.5. The molecule has 9 rings (SSSR count). The van der Waals surface area contributed by atoms with E-state index in [-0.39, 0.29) is 0 Å². The average molecular weight is 943 g/mol. The SMILES string of the molecule is Brc1ccc(C2=Nc3cc(-c4ccc5nc(-c6ccc(Br)cc6)[nH]c5c4)ccc3C2)cc1.Nc1ccc(-c2ccc(N)c(N)c2)cc1N.O=Cc1ccc(Br)cc1. The number of aldehydes is 1. The van der Waals surface area contributed by atoms with E-state index in [1.165, 1.54) is 11.1 Å². The van der Waals surface area contributed by atoms with Crippen LogP contribution in [0.3, 0.4) is 0 Å². The van der Waals surface area contributed by atoms with E-state index in [1.54, 1.807) is 24.3 Å². The van der Waals surface area contributed by atoms with E-state index >= 15 is 0 Å². The zero-order valence-corrected chi connectivity index (χ0v) is 35.1. The Balaban J connectivity index is 0.000000164. The Labute approximate surface area is 355 Å². The second-order valence-electron chi connectivity index (χ2n) is 13.3. The number of nitrogen functional groups attached to an aromatic ring is 4. The fourth-order valence-electron chi connectivity index (χ4n) is 6.15. The number of hydrogen-bond acceptors (Lipinski definition) is 7. The highest BCUT2D eigenvalue weighted by atomic mass is 79.9. The van der Waals surface area contributed by atoms with E-state index in [2.05, 4.69) is 126 Å². The molecule has 11 heteroatoms. The number of fused-ring (bicyclic) bond motifs is 2. The number of carbonyl (C=O) groups is 1. The van der Waals surface area contributed by atoms with E-state index in [0.717, 1.165) is 82.2 Å². The maximum Gasteiger partial charge on any atom is 0.150 e. The van der Waals surface area contributed by atoms with Crippen LogP contribution in [-0.2, 0) is 6.42 Å². The minimum atomic E-state index is 0.563. The number of aromatic nitrogens is 2. The molecule has 8 nitrogen and oxygen atoms in total. The molecule has 0 radical (unpaired) electrons. The molecule has 0 unspecified atom stereocenters. The molecule has 0 aliphatic carbocycles. The van der Waals surface area contributed by atoms with Crippen molar-refractivity contribution in [2.24, 2.45) is 4.99 Å². The van der Waals surface area contributed by atoms with Crippen LogP contribution in [0.15, 0.2) is 164 Å². The van der Waals surface area contributed by atoms with Gasteiger partial charge in [0.2, 0.25) is 0 Å². The highest BCUT2D eigenvalue weighted by Crippen LogP contribution is 2.35. The number of halogens is 3. The summed E-state index contributed by atoms with van der Waals surface area (Å²) in [7, 11) is 0. The van der Waals surface area contributed by atoms with Crippen LogP contribution in [-0.4, -0.2) is 22.0 Å². The zero-order valence-electron chi connectivity index (χ0n) is 30.4. The van der Waals surface area contributed by atoms with Gasteiger partial charge in [0.05, 0.1) is 45.2 Å². The first-order valence-electron chi connectivity index (χ1n) is 17.8. The van der Waals surface area contributed by atoms with Gasteiger partial charge in [-0.3, -0.25) is 9.79 Å². The maximum absolute atomic E-state index is 10.1. The first-order valence-corrected chi connectivity index (χ1v) is 20.1. The Morgan fingerprint density at radius 2 is 0.982 bits per heavy atom. The lowest BCUT2D eigenvalue weighted by Crippen LogP contribution is -1.99. The molecule has 0 atom stereocenters. The highest BCUT2D eigenvalue weighted by molar-refractivity contribution is 9.11. The third kappa shape index (κ3) is 9.52. The van der Waals surface area contributed by atoms with Gasteiger partial charge < -0.3 is 27.9 Å². The maximum atomic E-state index is 10.1. The van der Waals surface area contributed by atoms with E-state index in [4.69, 9.17) is 32.9 Å². The van der Waals surface area contributed by atoms with Gasteiger partial charge in [0, 0.05) is 31.0 Å². The molecule has 8 aromatic rings. The number of aliphatic imine (C=N–C) groups is 1. The summed E-state index contributed by atoms with van der Waals surface area (Å²) in [6.45, 7) is 0. The number of imidazole rings is 1. The molecule has 0 fully saturated rings. The number of anilines is 4. The smallest absolute Gasteiger partial charge is 0.150 e. The fourth-order valence-corrected chi connectivity index (χ4v) is 6.95. The third-order valence-corrected chi connectivity index (χ3v) is 10.9. The fraction of sp³-hybridized carbons (Fsp3) is 0.0217. The lowest BCUT2D eigenvalue weighted by molar-refractivity contribution is 0.112. The summed E-state index contributed by atoms with van der Waals surface area (Å²) in [5.41, 5.74) is 37.7. The van der Waals surface area contributed by atoms with Crippen molar-refractivity contribution in [2.45, 2.75) is 6.42 Å². The van der Waals surface area contributed by atoms with Crippen molar-refractivity contribution in [1.29, 1.82) is 0 Å². The Hall–Kier alpha value is -6.01. The molecule has 2 heterocycles. The van der Waals surface area contributed by atoms with Crippen LogP contribution >= 0.6 is 47.8 Å². The number of aromatic amines is 1. The van der Waals surface area contributed by atoms with Crippen molar-refractivity contribution < 1.29 is 4.79 Å². The molecule has 1 aliphatic heterocycles. The Kier molecular flexibility index (Phi) is 12.0. The molecule has 282 valence electrons. The molecule has 0 spiro atoms. The molecule has 0 bridgehead atoms. The van der Waals surface area contributed by atoms with Gasteiger partial charge in [0.1, 0.15) is 12.1 Å². The van der Waals surface area contributed by atoms with Crippen molar-refractivity contribution in [3.63, 3.8) is 0 Å². The van der Waals surface area contributed by atoms with Crippen LogP contribution in [0, 0.1) is 0 Å². The minimum absolute atomic E-state index is 0.563.